The van der Waals surface area contributed by atoms with Gasteiger partial charge >= 0.3 is 0 Å². The topological polar surface area (TPSA) is 76.9 Å². The number of rotatable bonds is 6. The smallest absolute Gasteiger partial charge is 0.262 e. The van der Waals surface area contributed by atoms with E-state index in [9.17, 15) is 18.4 Å². The van der Waals surface area contributed by atoms with E-state index in [-0.39, 0.29) is 17.2 Å². The Morgan fingerprint density at radius 1 is 1.16 bits per heavy atom. The van der Waals surface area contributed by atoms with Crippen LogP contribution in [0.2, 0.25) is 0 Å². The Kier molecular flexibility index (Phi) is 6.10. The van der Waals surface area contributed by atoms with E-state index in [4.69, 9.17) is 0 Å². The second-order valence-electron chi connectivity index (χ2n) is 6.46. The molecule has 0 unspecified atom stereocenters. The third-order valence-corrected chi connectivity index (χ3v) is 6.18. The van der Waals surface area contributed by atoms with Gasteiger partial charge in [-0.25, -0.2) is 18.7 Å². The maximum atomic E-state index is 13.4. The number of aromatic nitrogens is 3. The molecule has 158 valence electrons. The number of benzene rings is 2. The number of hydrogen-bond donors (Lipinski definition) is 1. The van der Waals surface area contributed by atoms with E-state index in [1.54, 1.807) is 29.6 Å². The van der Waals surface area contributed by atoms with Crippen LogP contribution in [0.5, 0.6) is 0 Å². The summed E-state index contributed by atoms with van der Waals surface area (Å²) in [6.45, 7) is 2.28. The highest BCUT2D eigenvalue weighted by molar-refractivity contribution is 7.99. The van der Waals surface area contributed by atoms with Crippen LogP contribution in [0.1, 0.15) is 6.92 Å². The molecule has 0 saturated carbocycles. The minimum absolute atomic E-state index is 0.0326. The van der Waals surface area contributed by atoms with Gasteiger partial charge in [0, 0.05) is 17.5 Å². The van der Waals surface area contributed by atoms with Crippen LogP contribution in [-0.4, -0.2) is 26.2 Å². The number of carbonyl (C=O) groups is 1. The van der Waals surface area contributed by atoms with Gasteiger partial charge in [-0.3, -0.25) is 14.2 Å². The maximum Gasteiger partial charge on any atom is 0.262 e. The number of anilines is 1. The van der Waals surface area contributed by atoms with Crippen LogP contribution in [0.25, 0.3) is 22.2 Å². The lowest BCUT2D eigenvalue weighted by Gasteiger charge is -2.10. The van der Waals surface area contributed by atoms with E-state index in [0.29, 0.717) is 39.0 Å². The summed E-state index contributed by atoms with van der Waals surface area (Å²) in [4.78, 5) is 33.8. The number of fused-ring (bicyclic) bond motifs is 1. The second-order valence-corrected chi connectivity index (χ2v) is 8.27. The number of halogens is 2. The van der Waals surface area contributed by atoms with Gasteiger partial charge < -0.3 is 5.32 Å². The standard InChI is InChI=1S/C21H16F2N4O2S2/c1-2-27-19(29)13-5-3-4-6-16(13)25-21(27)31-11-18(28)26-20-24-17(10-30-20)12-7-8-14(22)15(23)9-12/h3-10H,2,11H2,1H3,(H,24,26,28). The lowest BCUT2D eigenvalue weighted by molar-refractivity contribution is -0.113. The molecule has 0 radical (unpaired) electrons. The molecule has 0 atom stereocenters. The van der Waals surface area contributed by atoms with Crippen LogP contribution in [0.4, 0.5) is 13.9 Å². The summed E-state index contributed by atoms with van der Waals surface area (Å²) < 4.78 is 28.1. The highest BCUT2D eigenvalue weighted by atomic mass is 32.2. The molecule has 0 bridgehead atoms. The van der Waals surface area contributed by atoms with Crippen LogP contribution >= 0.6 is 23.1 Å². The van der Waals surface area contributed by atoms with Crippen LogP contribution in [0.15, 0.2) is 57.8 Å². The molecule has 31 heavy (non-hydrogen) atoms. The Morgan fingerprint density at radius 2 is 1.97 bits per heavy atom. The van der Waals surface area contributed by atoms with E-state index in [0.717, 1.165) is 23.9 Å². The van der Waals surface area contributed by atoms with Crippen molar-refractivity contribution in [2.24, 2.45) is 0 Å². The Morgan fingerprint density at radius 3 is 2.74 bits per heavy atom. The largest absolute Gasteiger partial charge is 0.301 e. The quantitative estimate of drug-likeness (QED) is 0.339. The van der Waals surface area contributed by atoms with Gasteiger partial charge in [-0.2, -0.15) is 0 Å². The lowest BCUT2D eigenvalue weighted by atomic mass is 10.2. The van der Waals surface area contributed by atoms with Crippen LogP contribution in [0.3, 0.4) is 0 Å². The summed E-state index contributed by atoms with van der Waals surface area (Å²) in [5.74, 6) is -2.18. The Balaban J connectivity index is 1.46. The number of nitrogens with zero attached hydrogens (tertiary/aromatic N) is 3. The fourth-order valence-corrected chi connectivity index (χ4v) is 4.54. The average molecular weight is 459 g/mol. The van der Waals surface area contributed by atoms with Crippen molar-refractivity contribution in [3.8, 4) is 11.3 Å². The fraction of sp³-hybridized carbons (Fsp3) is 0.143. The van der Waals surface area contributed by atoms with Gasteiger partial charge in [0.05, 0.1) is 22.3 Å². The molecule has 0 aliphatic rings. The van der Waals surface area contributed by atoms with E-state index in [1.807, 2.05) is 6.92 Å². The molecule has 0 spiro atoms. The number of para-hydroxylation sites is 1. The van der Waals surface area contributed by atoms with Crippen molar-refractivity contribution >= 4 is 45.0 Å². The van der Waals surface area contributed by atoms with Crippen molar-refractivity contribution in [3.05, 3.63) is 69.8 Å². The number of carbonyl (C=O) groups excluding carboxylic acids is 1. The molecule has 0 saturated heterocycles. The van der Waals surface area contributed by atoms with Crippen molar-refractivity contribution in [3.63, 3.8) is 0 Å². The zero-order valence-corrected chi connectivity index (χ0v) is 17.9. The van der Waals surface area contributed by atoms with Crippen molar-refractivity contribution in [2.75, 3.05) is 11.1 Å². The molecule has 1 amide bonds. The molecule has 4 aromatic rings. The molecule has 1 N–H and O–H groups in total. The van der Waals surface area contributed by atoms with Gasteiger partial charge in [-0.05, 0) is 37.3 Å². The van der Waals surface area contributed by atoms with Gasteiger partial charge in [0.15, 0.2) is 21.9 Å². The summed E-state index contributed by atoms with van der Waals surface area (Å²) in [7, 11) is 0. The zero-order chi connectivity index (χ0) is 22.0. The summed E-state index contributed by atoms with van der Waals surface area (Å²) in [6.07, 6.45) is 0. The van der Waals surface area contributed by atoms with Gasteiger partial charge in [0.25, 0.3) is 5.56 Å². The normalized spacial score (nSPS) is 11.1. The molecule has 0 aliphatic carbocycles. The molecular weight excluding hydrogens is 442 g/mol. The Hall–Kier alpha value is -3.11. The summed E-state index contributed by atoms with van der Waals surface area (Å²) >= 11 is 2.34. The first-order valence-electron chi connectivity index (χ1n) is 9.29. The number of amides is 1. The minimum atomic E-state index is -0.961. The predicted molar refractivity (Wildman–Crippen MR) is 118 cm³/mol. The first kappa shape index (κ1) is 21.1. The number of thiazole rings is 1. The molecule has 0 aliphatic heterocycles. The van der Waals surface area contributed by atoms with Gasteiger partial charge in [-0.1, -0.05) is 23.9 Å². The van der Waals surface area contributed by atoms with Crippen LogP contribution < -0.4 is 10.9 Å². The highest BCUT2D eigenvalue weighted by Gasteiger charge is 2.14. The number of thioether (sulfide) groups is 1. The van der Waals surface area contributed by atoms with E-state index in [1.165, 1.54) is 22.0 Å². The average Bonchev–Trinajstić information content (AvgIpc) is 3.22. The Bertz CT molecular complexity index is 1340. The second kappa shape index (κ2) is 8.94. The van der Waals surface area contributed by atoms with Gasteiger partial charge in [0.2, 0.25) is 5.91 Å². The van der Waals surface area contributed by atoms with Crippen LogP contribution in [0, 0.1) is 11.6 Å². The van der Waals surface area contributed by atoms with E-state index < -0.39 is 11.6 Å². The summed E-state index contributed by atoms with van der Waals surface area (Å²) in [6, 6.07) is 10.6. The molecule has 0 fully saturated rings. The first-order valence-corrected chi connectivity index (χ1v) is 11.2. The van der Waals surface area contributed by atoms with Crippen molar-refractivity contribution < 1.29 is 13.6 Å². The van der Waals surface area contributed by atoms with Crippen molar-refractivity contribution in [2.45, 2.75) is 18.6 Å². The SMILES string of the molecule is CCn1c(SCC(=O)Nc2nc(-c3ccc(F)c(F)c3)cs2)nc2ccccc2c1=O. The first-order chi connectivity index (χ1) is 15.0. The molecule has 2 aromatic carbocycles. The number of nitrogens with one attached hydrogen (secondary N) is 1. The molecule has 2 heterocycles. The lowest BCUT2D eigenvalue weighted by Crippen LogP contribution is -2.23. The highest BCUT2D eigenvalue weighted by Crippen LogP contribution is 2.26. The molecule has 10 heteroatoms. The van der Waals surface area contributed by atoms with Gasteiger partial charge in [0.1, 0.15) is 0 Å². The van der Waals surface area contributed by atoms with Gasteiger partial charge in [-0.15, -0.1) is 11.3 Å². The van der Waals surface area contributed by atoms with Crippen LogP contribution in [-0.2, 0) is 11.3 Å². The maximum absolute atomic E-state index is 13.4. The Labute approximate surface area is 184 Å². The fourth-order valence-electron chi connectivity index (χ4n) is 2.94. The monoisotopic (exact) mass is 458 g/mol. The third-order valence-electron chi connectivity index (χ3n) is 4.44. The molecular formula is C21H16F2N4O2S2. The number of hydrogen-bond acceptors (Lipinski definition) is 6. The third kappa shape index (κ3) is 4.49. The molecule has 4 rings (SSSR count). The minimum Gasteiger partial charge on any atom is -0.301 e. The molecule has 2 aromatic heterocycles. The zero-order valence-electron chi connectivity index (χ0n) is 16.3. The predicted octanol–water partition coefficient (Wildman–Crippen LogP) is 4.55. The summed E-state index contributed by atoms with van der Waals surface area (Å²) in [5, 5.41) is 5.66. The van der Waals surface area contributed by atoms with E-state index >= 15 is 0 Å². The molecule has 6 nitrogen and oxygen atoms in total. The summed E-state index contributed by atoms with van der Waals surface area (Å²) in [5.41, 5.74) is 1.28. The van der Waals surface area contributed by atoms with Crippen molar-refractivity contribution in [1.82, 2.24) is 14.5 Å². The van der Waals surface area contributed by atoms with E-state index in [2.05, 4.69) is 15.3 Å². The van der Waals surface area contributed by atoms with Crippen molar-refractivity contribution in [1.29, 1.82) is 0 Å².